The zero-order valence-corrected chi connectivity index (χ0v) is 9.66. The van der Waals surface area contributed by atoms with Crippen LogP contribution < -0.4 is 5.73 Å². The van der Waals surface area contributed by atoms with Crippen LogP contribution in [0.5, 0.6) is 0 Å². The van der Waals surface area contributed by atoms with Crippen LogP contribution in [0.1, 0.15) is 30.7 Å². The van der Waals surface area contributed by atoms with Crippen molar-refractivity contribution in [1.82, 2.24) is 10.1 Å². The Morgan fingerprint density at radius 1 is 1.60 bits per heavy atom. The largest absolute Gasteiger partial charge is 0.374 e. The molecule has 2 heterocycles. The summed E-state index contributed by atoms with van der Waals surface area (Å²) in [7, 11) is 1.62. The predicted molar refractivity (Wildman–Crippen MR) is 57.8 cm³/mol. The lowest BCUT2D eigenvalue weighted by Crippen LogP contribution is -2.26. The van der Waals surface area contributed by atoms with Crippen molar-refractivity contribution in [2.75, 3.05) is 18.6 Å². The maximum Gasteiger partial charge on any atom is 0.232 e. The molecule has 0 spiro atoms. The molecule has 3 unspecified atom stereocenters. The highest BCUT2D eigenvalue weighted by atomic mass is 32.2. The van der Waals surface area contributed by atoms with Crippen molar-refractivity contribution in [2.45, 2.75) is 25.0 Å². The van der Waals surface area contributed by atoms with Gasteiger partial charge in [-0.1, -0.05) is 5.16 Å². The summed E-state index contributed by atoms with van der Waals surface area (Å²) >= 11 is 1.82. The normalized spacial score (nSPS) is 28.2. The molecule has 84 valence electrons. The highest BCUT2D eigenvalue weighted by molar-refractivity contribution is 7.99. The molecule has 1 saturated heterocycles. The van der Waals surface area contributed by atoms with E-state index in [-0.39, 0.29) is 18.1 Å². The van der Waals surface area contributed by atoms with E-state index in [4.69, 9.17) is 15.0 Å². The Hall–Kier alpha value is -0.590. The van der Waals surface area contributed by atoms with E-state index < -0.39 is 0 Å². The molecule has 1 aliphatic rings. The minimum Gasteiger partial charge on any atom is -0.374 e. The van der Waals surface area contributed by atoms with Crippen molar-refractivity contribution in [3.05, 3.63) is 11.7 Å². The van der Waals surface area contributed by atoms with Crippen LogP contribution in [-0.4, -0.2) is 34.8 Å². The van der Waals surface area contributed by atoms with Gasteiger partial charge >= 0.3 is 0 Å². The molecule has 2 rings (SSSR count). The average molecular weight is 229 g/mol. The topological polar surface area (TPSA) is 74.2 Å². The molecule has 1 aromatic rings. The van der Waals surface area contributed by atoms with Gasteiger partial charge in [-0.2, -0.15) is 16.7 Å². The zero-order valence-electron chi connectivity index (χ0n) is 8.84. The van der Waals surface area contributed by atoms with Gasteiger partial charge in [0.1, 0.15) is 6.10 Å². The monoisotopic (exact) mass is 229 g/mol. The van der Waals surface area contributed by atoms with Crippen LogP contribution in [0, 0.1) is 0 Å². The van der Waals surface area contributed by atoms with E-state index in [0.717, 1.165) is 11.5 Å². The molecular weight excluding hydrogens is 214 g/mol. The summed E-state index contributed by atoms with van der Waals surface area (Å²) in [4.78, 5) is 4.32. The lowest BCUT2D eigenvalue weighted by molar-refractivity contribution is 0.109. The molecule has 0 aromatic carbocycles. The number of hydrogen-bond donors (Lipinski definition) is 1. The molecule has 3 atom stereocenters. The van der Waals surface area contributed by atoms with E-state index in [1.54, 1.807) is 7.11 Å². The summed E-state index contributed by atoms with van der Waals surface area (Å²) in [6, 6.07) is 0.126. The number of methoxy groups -OCH3 is 1. The van der Waals surface area contributed by atoms with Crippen LogP contribution in [0.2, 0.25) is 0 Å². The molecule has 0 bridgehead atoms. The third kappa shape index (κ3) is 2.16. The molecule has 15 heavy (non-hydrogen) atoms. The highest BCUT2D eigenvalue weighted by Crippen LogP contribution is 2.31. The molecule has 1 fully saturated rings. The maximum absolute atomic E-state index is 5.95. The van der Waals surface area contributed by atoms with Gasteiger partial charge in [-0.05, 0) is 6.92 Å². The minimum atomic E-state index is -0.132. The predicted octanol–water partition coefficient (Wildman–Crippen LogP) is 0.935. The van der Waals surface area contributed by atoms with Crippen molar-refractivity contribution in [3.63, 3.8) is 0 Å². The smallest absolute Gasteiger partial charge is 0.232 e. The Bertz CT molecular complexity index is 331. The summed E-state index contributed by atoms with van der Waals surface area (Å²) in [5.41, 5.74) is 5.95. The Morgan fingerprint density at radius 3 is 3.00 bits per heavy atom. The number of thioether (sulfide) groups is 1. The molecule has 0 saturated carbocycles. The van der Waals surface area contributed by atoms with Crippen molar-refractivity contribution in [3.8, 4) is 0 Å². The van der Waals surface area contributed by atoms with E-state index in [1.165, 1.54) is 0 Å². The first-order valence-corrected chi connectivity index (χ1v) is 6.07. The first kappa shape index (κ1) is 10.9. The van der Waals surface area contributed by atoms with Crippen LogP contribution in [-0.2, 0) is 4.74 Å². The quantitative estimate of drug-likeness (QED) is 0.831. The summed E-state index contributed by atoms with van der Waals surface area (Å²) in [5.74, 6) is 3.36. The van der Waals surface area contributed by atoms with Gasteiger partial charge in [-0.3, -0.25) is 0 Å². The molecule has 0 amide bonds. The first-order chi connectivity index (χ1) is 7.22. The number of rotatable bonds is 3. The van der Waals surface area contributed by atoms with Crippen LogP contribution in [0.4, 0.5) is 0 Å². The standard InChI is InChI=1S/C9H15N3O2S/c1-5(13-2)8-11-9(14-12-8)6-3-15-4-7(6)10/h5-7H,3-4,10H2,1-2H3. The van der Waals surface area contributed by atoms with Crippen LogP contribution in [0.3, 0.4) is 0 Å². The Kier molecular flexibility index (Phi) is 3.28. The Labute approximate surface area is 92.7 Å². The second kappa shape index (κ2) is 4.51. The lowest BCUT2D eigenvalue weighted by Gasteiger charge is -2.08. The molecule has 0 aliphatic carbocycles. The van der Waals surface area contributed by atoms with Gasteiger partial charge in [-0.15, -0.1) is 0 Å². The van der Waals surface area contributed by atoms with E-state index >= 15 is 0 Å². The fourth-order valence-corrected chi connectivity index (χ4v) is 2.78. The van der Waals surface area contributed by atoms with Gasteiger partial charge in [0, 0.05) is 24.7 Å². The minimum absolute atomic E-state index is 0.126. The fraction of sp³-hybridized carbons (Fsp3) is 0.778. The fourth-order valence-electron chi connectivity index (χ4n) is 1.49. The van der Waals surface area contributed by atoms with Crippen molar-refractivity contribution >= 4 is 11.8 Å². The van der Waals surface area contributed by atoms with Crippen LogP contribution in [0.15, 0.2) is 4.52 Å². The average Bonchev–Trinajstić information content (AvgIpc) is 2.84. The Balaban J connectivity index is 2.12. The molecule has 2 N–H and O–H groups in total. The van der Waals surface area contributed by atoms with Crippen LogP contribution >= 0.6 is 11.8 Å². The lowest BCUT2D eigenvalue weighted by atomic mass is 10.1. The SMILES string of the molecule is COC(C)c1noc(C2CSCC2N)n1. The number of nitrogens with two attached hydrogens (primary N) is 1. The third-order valence-corrected chi connectivity index (χ3v) is 3.83. The van der Waals surface area contributed by atoms with E-state index in [9.17, 15) is 0 Å². The van der Waals surface area contributed by atoms with E-state index in [0.29, 0.717) is 11.7 Å². The number of nitrogens with zero attached hydrogens (tertiary/aromatic N) is 2. The molecule has 0 radical (unpaired) electrons. The number of ether oxygens (including phenoxy) is 1. The van der Waals surface area contributed by atoms with Gasteiger partial charge in [-0.25, -0.2) is 0 Å². The summed E-state index contributed by atoms with van der Waals surface area (Å²) < 4.78 is 10.3. The van der Waals surface area contributed by atoms with Gasteiger partial charge < -0.3 is 15.0 Å². The molecular formula is C9H15N3O2S. The maximum atomic E-state index is 5.95. The first-order valence-electron chi connectivity index (χ1n) is 4.92. The van der Waals surface area contributed by atoms with Crippen molar-refractivity contribution in [1.29, 1.82) is 0 Å². The van der Waals surface area contributed by atoms with Crippen molar-refractivity contribution in [2.24, 2.45) is 5.73 Å². The molecule has 1 aliphatic heterocycles. The zero-order chi connectivity index (χ0) is 10.8. The number of hydrogen-bond acceptors (Lipinski definition) is 6. The van der Waals surface area contributed by atoms with Gasteiger partial charge in [0.2, 0.25) is 5.89 Å². The highest BCUT2D eigenvalue weighted by Gasteiger charge is 2.31. The van der Waals surface area contributed by atoms with Crippen LogP contribution in [0.25, 0.3) is 0 Å². The summed E-state index contributed by atoms with van der Waals surface area (Å²) in [5, 5.41) is 3.89. The number of aromatic nitrogens is 2. The van der Waals surface area contributed by atoms with E-state index in [1.807, 2.05) is 18.7 Å². The Morgan fingerprint density at radius 2 is 2.40 bits per heavy atom. The molecule has 6 heteroatoms. The molecule has 1 aromatic heterocycles. The van der Waals surface area contributed by atoms with Gasteiger partial charge in [0.25, 0.3) is 0 Å². The van der Waals surface area contributed by atoms with E-state index in [2.05, 4.69) is 10.1 Å². The van der Waals surface area contributed by atoms with Gasteiger partial charge in [0.05, 0.1) is 5.92 Å². The second-order valence-corrected chi connectivity index (χ2v) is 4.75. The second-order valence-electron chi connectivity index (χ2n) is 3.68. The molecule has 5 nitrogen and oxygen atoms in total. The summed E-state index contributed by atoms with van der Waals surface area (Å²) in [6.07, 6.45) is -0.132. The van der Waals surface area contributed by atoms with Gasteiger partial charge in [0.15, 0.2) is 5.82 Å². The summed E-state index contributed by atoms with van der Waals surface area (Å²) in [6.45, 7) is 1.89. The van der Waals surface area contributed by atoms with Crippen molar-refractivity contribution < 1.29 is 9.26 Å². The third-order valence-electron chi connectivity index (χ3n) is 2.62.